The molecule has 0 spiro atoms. The zero-order valence-corrected chi connectivity index (χ0v) is 13.4. The van der Waals surface area contributed by atoms with Gasteiger partial charge in [0.25, 0.3) is 0 Å². The third-order valence-electron chi connectivity index (χ3n) is 2.66. The first kappa shape index (κ1) is 14.8. The van der Waals surface area contributed by atoms with E-state index in [9.17, 15) is 4.39 Å². The number of benzene rings is 1. The molecule has 0 saturated heterocycles. The third-order valence-corrected chi connectivity index (χ3v) is 5.13. The smallest absolute Gasteiger partial charge is 0.126 e. The molecule has 6 heteroatoms. The number of aryl methyl sites for hydroxylation is 1. The van der Waals surface area contributed by atoms with E-state index in [1.807, 2.05) is 13.0 Å². The number of hydrogen-bond acceptors (Lipinski definition) is 3. The Morgan fingerprint density at radius 2 is 2.16 bits per heavy atom. The van der Waals surface area contributed by atoms with E-state index in [0.29, 0.717) is 17.3 Å². The van der Waals surface area contributed by atoms with Gasteiger partial charge in [0.2, 0.25) is 0 Å². The summed E-state index contributed by atoms with van der Waals surface area (Å²) >= 11 is 11.0. The van der Waals surface area contributed by atoms with Gasteiger partial charge in [0.05, 0.1) is 6.04 Å². The Labute approximate surface area is 128 Å². The Hall–Kier alpha value is -0.620. The van der Waals surface area contributed by atoms with Crippen molar-refractivity contribution in [3.05, 3.63) is 49.3 Å². The van der Waals surface area contributed by atoms with E-state index < -0.39 is 0 Å². The zero-order chi connectivity index (χ0) is 14.0. The number of rotatable bonds is 4. The molecule has 1 aromatic carbocycles. The molecule has 102 valence electrons. The molecule has 3 N–H and O–H groups in total. The first-order valence-corrected chi connectivity index (χ1v) is 7.67. The molecule has 1 atom stereocenters. The average Bonchev–Trinajstić information content (AvgIpc) is 2.65. The van der Waals surface area contributed by atoms with Crippen LogP contribution in [0.25, 0.3) is 0 Å². The van der Waals surface area contributed by atoms with Crippen molar-refractivity contribution in [3.63, 3.8) is 0 Å². The van der Waals surface area contributed by atoms with E-state index in [-0.39, 0.29) is 11.9 Å². The van der Waals surface area contributed by atoms with Gasteiger partial charge in [-0.2, -0.15) is 0 Å². The second-order valence-electron chi connectivity index (χ2n) is 4.14. The number of hydrogen-bond donors (Lipinski definition) is 2. The second-order valence-corrected chi connectivity index (χ2v) is 6.72. The Kier molecular flexibility index (Phi) is 4.84. The van der Waals surface area contributed by atoms with Crippen molar-refractivity contribution in [2.75, 3.05) is 11.9 Å². The lowest BCUT2D eigenvalue weighted by Crippen LogP contribution is -2.19. The number of nitrogens with two attached hydrogens (primary N) is 1. The van der Waals surface area contributed by atoms with Gasteiger partial charge in [-0.05, 0) is 47.1 Å². The topological polar surface area (TPSA) is 38.0 Å². The quantitative estimate of drug-likeness (QED) is 0.824. The summed E-state index contributed by atoms with van der Waals surface area (Å²) < 4.78 is 14.4. The molecule has 2 nitrogen and oxygen atoms in total. The van der Waals surface area contributed by atoms with Crippen LogP contribution in [0.15, 0.2) is 28.7 Å². The fraction of sp³-hybridized carbons (Fsp3) is 0.231. The summed E-state index contributed by atoms with van der Waals surface area (Å²) in [6.07, 6.45) is 0. The summed E-state index contributed by atoms with van der Waals surface area (Å²) in [6.45, 7) is 2.45. The van der Waals surface area contributed by atoms with Crippen molar-refractivity contribution in [2.24, 2.45) is 5.73 Å². The van der Waals surface area contributed by atoms with Crippen LogP contribution in [0.3, 0.4) is 0 Å². The normalized spacial score (nSPS) is 12.5. The van der Waals surface area contributed by atoms with Gasteiger partial charge in [-0.3, -0.25) is 0 Å². The maximum Gasteiger partial charge on any atom is 0.126 e. The Balaban J connectivity index is 2.23. The molecule has 0 aliphatic carbocycles. The summed E-state index contributed by atoms with van der Waals surface area (Å²) in [5.74, 6) is -0.366. The standard InChI is InChI=1S/C13H13BrClFN2S/c1-7-11(14)5-13(19-7)12(6-17)18-10-3-8(15)2-9(16)4-10/h2-5,12,18H,6,17H2,1H3. The maximum absolute atomic E-state index is 13.3. The lowest BCUT2D eigenvalue weighted by molar-refractivity contribution is 0.628. The summed E-state index contributed by atoms with van der Waals surface area (Å²) in [5, 5.41) is 3.57. The number of halogens is 3. The fourth-order valence-corrected chi connectivity index (χ4v) is 3.58. The maximum atomic E-state index is 13.3. The molecule has 1 unspecified atom stereocenters. The number of nitrogens with one attached hydrogen (secondary N) is 1. The molecule has 0 aliphatic heterocycles. The van der Waals surface area contributed by atoms with Gasteiger partial charge in [0.15, 0.2) is 0 Å². The van der Waals surface area contributed by atoms with Crippen LogP contribution < -0.4 is 11.1 Å². The monoisotopic (exact) mass is 362 g/mol. The summed E-state index contributed by atoms with van der Waals surface area (Å²) in [5.41, 5.74) is 6.42. The zero-order valence-electron chi connectivity index (χ0n) is 10.2. The minimum absolute atomic E-state index is 0.0622. The van der Waals surface area contributed by atoms with Crippen LogP contribution in [0, 0.1) is 12.7 Å². The van der Waals surface area contributed by atoms with Crippen LogP contribution in [0.1, 0.15) is 15.8 Å². The summed E-state index contributed by atoms with van der Waals surface area (Å²) in [6, 6.07) is 6.34. The van der Waals surface area contributed by atoms with Gasteiger partial charge in [0.1, 0.15) is 5.82 Å². The van der Waals surface area contributed by atoms with Crippen molar-refractivity contribution >= 4 is 44.6 Å². The lowest BCUT2D eigenvalue weighted by atomic mass is 10.2. The highest BCUT2D eigenvalue weighted by molar-refractivity contribution is 9.10. The van der Waals surface area contributed by atoms with Crippen molar-refractivity contribution in [3.8, 4) is 0 Å². The molecular weight excluding hydrogens is 351 g/mol. The molecule has 19 heavy (non-hydrogen) atoms. The lowest BCUT2D eigenvalue weighted by Gasteiger charge is -2.17. The van der Waals surface area contributed by atoms with Gasteiger partial charge in [0, 0.05) is 31.5 Å². The summed E-state index contributed by atoms with van der Waals surface area (Å²) in [4.78, 5) is 2.29. The van der Waals surface area contributed by atoms with Gasteiger partial charge in [-0.25, -0.2) is 4.39 Å². The van der Waals surface area contributed by atoms with E-state index in [1.165, 1.54) is 17.0 Å². The third kappa shape index (κ3) is 3.69. The fourth-order valence-electron chi connectivity index (χ4n) is 1.74. The molecule has 0 saturated carbocycles. The number of thiophene rings is 1. The number of anilines is 1. The predicted molar refractivity (Wildman–Crippen MR) is 83.6 cm³/mol. The SMILES string of the molecule is Cc1sc(C(CN)Nc2cc(F)cc(Cl)c2)cc1Br. The first-order chi connectivity index (χ1) is 8.99. The minimum Gasteiger partial charge on any atom is -0.376 e. The van der Waals surface area contributed by atoms with E-state index in [2.05, 4.69) is 21.2 Å². The van der Waals surface area contributed by atoms with E-state index in [1.54, 1.807) is 17.4 Å². The molecule has 2 aromatic rings. The van der Waals surface area contributed by atoms with Crippen LogP contribution in [0.2, 0.25) is 5.02 Å². The van der Waals surface area contributed by atoms with E-state index in [4.69, 9.17) is 17.3 Å². The second kappa shape index (κ2) is 6.22. The van der Waals surface area contributed by atoms with Crippen LogP contribution >= 0.6 is 38.9 Å². The molecule has 2 rings (SSSR count). The molecular formula is C13H13BrClFN2S. The summed E-state index contributed by atoms with van der Waals surface area (Å²) in [7, 11) is 0. The Morgan fingerprint density at radius 3 is 2.68 bits per heavy atom. The molecule has 0 fully saturated rings. The van der Waals surface area contributed by atoms with Crippen molar-refractivity contribution < 1.29 is 4.39 Å². The van der Waals surface area contributed by atoms with E-state index in [0.717, 1.165) is 9.35 Å². The van der Waals surface area contributed by atoms with Crippen LogP contribution in [-0.2, 0) is 0 Å². The van der Waals surface area contributed by atoms with Crippen LogP contribution in [0.4, 0.5) is 10.1 Å². The van der Waals surface area contributed by atoms with Crippen LogP contribution in [-0.4, -0.2) is 6.54 Å². The molecule has 1 aromatic heterocycles. The van der Waals surface area contributed by atoms with Gasteiger partial charge < -0.3 is 11.1 Å². The molecule has 0 bridgehead atoms. The Morgan fingerprint density at radius 1 is 1.42 bits per heavy atom. The Bertz CT molecular complexity index is 548. The molecule has 0 radical (unpaired) electrons. The van der Waals surface area contributed by atoms with Gasteiger partial charge in [-0.15, -0.1) is 11.3 Å². The molecule has 0 amide bonds. The van der Waals surface area contributed by atoms with Gasteiger partial charge in [-0.1, -0.05) is 11.6 Å². The first-order valence-electron chi connectivity index (χ1n) is 5.68. The van der Waals surface area contributed by atoms with Gasteiger partial charge >= 0.3 is 0 Å². The largest absolute Gasteiger partial charge is 0.376 e. The minimum atomic E-state index is -0.366. The van der Waals surface area contributed by atoms with Crippen molar-refractivity contribution in [1.82, 2.24) is 0 Å². The van der Waals surface area contributed by atoms with E-state index >= 15 is 0 Å². The molecule has 0 aliphatic rings. The van der Waals surface area contributed by atoms with Crippen molar-refractivity contribution in [1.29, 1.82) is 0 Å². The highest BCUT2D eigenvalue weighted by Crippen LogP contribution is 2.32. The highest BCUT2D eigenvalue weighted by atomic mass is 79.9. The predicted octanol–water partition coefficient (Wildman–Crippen LogP) is 4.72. The average molecular weight is 364 g/mol. The van der Waals surface area contributed by atoms with Crippen molar-refractivity contribution in [2.45, 2.75) is 13.0 Å². The molecule has 1 heterocycles. The highest BCUT2D eigenvalue weighted by Gasteiger charge is 2.14. The van der Waals surface area contributed by atoms with Crippen LogP contribution in [0.5, 0.6) is 0 Å².